The van der Waals surface area contributed by atoms with Gasteiger partial charge in [-0.05, 0) is 42.0 Å². The van der Waals surface area contributed by atoms with Gasteiger partial charge in [0, 0.05) is 11.6 Å². The van der Waals surface area contributed by atoms with Crippen molar-refractivity contribution in [3.63, 3.8) is 0 Å². The fraction of sp³-hybridized carbons (Fsp3) is 0.350. The maximum atomic E-state index is 12.4. The molecule has 0 aliphatic carbocycles. The Bertz CT molecular complexity index is 648. The van der Waals surface area contributed by atoms with E-state index < -0.39 is 0 Å². The number of nitrogens with one attached hydrogen (secondary N) is 1. The highest BCUT2D eigenvalue weighted by molar-refractivity contribution is 6.01. The van der Waals surface area contributed by atoms with Gasteiger partial charge in [-0.25, -0.2) is 0 Å². The summed E-state index contributed by atoms with van der Waals surface area (Å²) in [4.78, 5) is 12.4. The first-order valence-electron chi connectivity index (χ1n) is 7.80. The number of benzene rings is 2. The van der Waals surface area contributed by atoms with Crippen LogP contribution in [0.15, 0.2) is 48.5 Å². The lowest BCUT2D eigenvalue weighted by atomic mass is 9.86. The Balaban J connectivity index is 2.39. The topological polar surface area (TPSA) is 29.1 Å². The molecule has 116 valence electrons. The molecule has 1 N–H and O–H groups in total. The molecule has 2 aromatic carbocycles. The summed E-state index contributed by atoms with van der Waals surface area (Å²) >= 11 is 0. The minimum atomic E-state index is -0.0227. The molecule has 0 bridgehead atoms. The maximum Gasteiger partial charge on any atom is 0.252 e. The van der Waals surface area contributed by atoms with E-state index in [0.29, 0.717) is 0 Å². The van der Waals surface area contributed by atoms with Crippen molar-refractivity contribution in [2.75, 3.05) is 0 Å². The van der Waals surface area contributed by atoms with Crippen LogP contribution in [0, 0.1) is 0 Å². The van der Waals surface area contributed by atoms with E-state index in [1.807, 2.05) is 38.1 Å². The van der Waals surface area contributed by atoms with Crippen LogP contribution in [0.1, 0.15) is 50.5 Å². The van der Waals surface area contributed by atoms with Crippen LogP contribution in [-0.2, 0) is 5.41 Å². The van der Waals surface area contributed by atoms with Crippen LogP contribution in [0.3, 0.4) is 0 Å². The molecule has 1 amide bonds. The zero-order valence-electron chi connectivity index (χ0n) is 14.1. The molecule has 0 heterocycles. The highest BCUT2D eigenvalue weighted by atomic mass is 16.1. The highest BCUT2D eigenvalue weighted by Gasteiger charge is 2.15. The van der Waals surface area contributed by atoms with Crippen molar-refractivity contribution in [3.05, 3.63) is 59.7 Å². The molecule has 0 saturated carbocycles. The van der Waals surface area contributed by atoms with Crippen LogP contribution >= 0.6 is 0 Å². The Morgan fingerprint density at radius 2 is 1.55 bits per heavy atom. The van der Waals surface area contributed by atoms with Crippen LogP contribution in [-0.4, -0.2) is 11.9 Å². The van der Waals surface area contributed by atoms with Gasteiger partial charge in [-0.2, -0.15) is 0 Å². The molecule has 0 atom stereocenters. The van der Waals surface area contributed by atoms with E-state index in [2.05, 4.69) is 50.4 Å². The molecule has 0 radical (unpaired) electrons. The molecule has 2 aromatic rings. The zero-order chi connectivity index (χ0) is 16.3. The summed E-state index contributed by atoms with van der Waals surface area (Å²) < 4.78 is 0. The number of hydrogen-bond donors (Lipinski definition) is 1. The zero-order valence-corrected chi connectivity index (χ0v) is 14.1. The molecule has 0 aliphatic heterocycles. The van der Waals surface area contributed by atoms with Crippen LogP contribution < -0.4 is 5.32 Å². The van der Waals surface area contributed by atoms with Crippen molar-refractivity contribution in [2.45, 2.75) is 46.1 Å². The van der Waals surface area contributed by atoms with Gasteiger partial charge in [0.2, 0.25) is 0 Å². The minimum Gasteiger partial charge on any atom is -0.350 e. The quantitative estimate of drug-likeness (QED) is 0.866. The first-order valence-corrected chi connectivity index (χ1v) is 7.80. The van der Waals surface area contributed by atoms with Crippen molar-refractivity contribution in [1.29, 1.82) is 0 Å². The molecular formula is C20H25NO. The molecule has 0 fully saturated rings. The second-order valence-electron chi connectivity index (χ2n) is 7.00. The van der Waals surface area contributed by atoms with Gasteiger partial charge in [-0.15, -0.1) is 0 Å². The van der Waals surface area contributed by atoms with Crippen molar-refractivity contribution in [1.82, 2.24) is 5.32 Å². The fourth-order valence-electron chi connectivity index (χ4n) is 2.42. The Morgan fingerprint density at radius 3 is 2.09 bits per heavy atom. The van der Waals surface area contributed by atoms with Gasteiger partial charge in [0.25, 0.3) is 5.91 Å². The largest absolute Gasteiger partial charge is 0.350 e. The van der Waals surface area contributed by atoms with Crippen LogP contribution in [0.25, 0.3) is 11.1 Å². The Hall–Kier alpha value is -2.09. The van der Waals surface area contributed by atoms with E-state index >= 15 is 0 Å². The number of hydrogen-bond acceptors (Lipinski definition) is 1. The third-order valence-electron chi connectivity index (χ3n) is 3.65. The molecule has 22 heavy (non-hydrogen) atoms. The SMILES string of the molecule is CC(C)NC(=O)c1ccccc1-c1ccc(C(C)(C)C)cc1. The molecule has 0 saturated heterocycles. The predicted octanol–water partition coefficient (Wildman–Crippen LogP) is 4.79. The second kappa shape index (κ2) is 6.35. The third kappa shape index (κ3) is 3.76. The normalized spacial score (nSPS) is 11.5. The summed E-state index contributed by atoms with van der Waals surface area (Å²) in [5.41, 5.74) is 4.19. The van der Waals surface area contributed by atoms with Gasteiger partial charge < -0.3 is 5.32 Å². The van der Waals surface area contributed by atoms with Crippen molar-refractivity contribution >= 4 is 5.91 Å². The first-order chi connectivity index (χ1) is 10.3. The molecule has 2 heteroatoms. The predicted molar refractivity (Wildman–Crippen MR) is 93.2 cm³/mol. The average molecular weight is 295 g/mol. The number of amides is 1. The Labute approximate surface area is 133 Å². The van der Waals surface area contributed by atoms with Gasteiger partial charge in [0.15, 0.2) is 0 Å². The minimum absolute atomic E-state index is 0.0227. The molecule has 2 nitrogen and oxygen atoms in total. The van der Waals surface area contributed by atoms with Gasteiger partial charge >= 0.3 is 0 Å². The standard InChI is InChI=1S/C20H25NO/c1-14(2)21-19(22)18-9-7-6-8-17(18)15-10-12-16(13-11-15)20(3,4)5/h6-14H,1-5H3,(H,21,22). The van der Waals surface area contributed by atoms with E-state index in [0.717, 1.165) is 16.7 Å². The average Bonchev–Trinajstić information content (AvgIpc) is 2.46. The summed E-state index contributed by atoms with van der Waals surface area (Å²) in [6.07, 6.45) is 0. The summed E-state index contributed by atoms with van der Waals surface area (Å²) in [5, 5.41) is 2.97. The van der Waals surface area contributed by atoms with E-state index in [4.69, 9.17) is 0 Å². The first kappa shape index (κ1) is 16.3. The summed E-state index contributed by atoms with van der Waals surface area (Å²) in [7, 11) is 0. The van der Waals surface area contributed by atoms with Crippen LogP contribution in [0.5, 0.6) is 0 Å². The van der Waals surface area contributed by atoms with Crippen molar-refractivity contribution < 1.29 is 4.79 Å². The van der Waals surface area contributed by atoms with Gasteiger partial charge in [-0.1, -0.05) is 63.2 Å². The molecule has 2 rings (SSSR count). The van der Waals surface area contributed by atoms with E-state index in [1.165, 1.54) is 5.56 Å². The lowest BCUT2D eigenvalue weighted by Crippen LogP contribution is -2.30. The summed E-state index contributed by atoms with van der Waals surface area (Å²) in [5.74, 6) is -0.0227. The van der Waals surface area contributed by atoms with Gasteiger partial charge in [0.05, 0.1) is 0 Å². The van der Waals surface area contributed by atoms with Gasteiger partial charge in [0.1, 0.15) is 0 Å². The Kier molecular flexibility index (Phi) is 4.70. The molecule has 0 aliphatic rings. The fourth-order valence-corrected chi connectivity index (χ4v) is 2.42. The second-order valence-corrected chi connectivity index (χ2v) is 7.00. The van der Waals surface area contributed by atoms with Crippen molar-refractivity contribution in [3.8, 4) is 11.1 Å². The lowest BCUT2D eigenvalue weighted by Gasteiger charge is -2.19. The molecule has 0 spiro atoms. The van der Waals surface area contributed by atoms with E-state index in [1.54, 1.807) is 0 Å². The number of carbonyl (C=O) groups excluding carboxylic acids is 1. The third-order valence-corrected chi connectivity index (χ3v) is 3.65. The molecule has 0 unspecified atom stereocenters. The molecular weight excluding hydrogens is 270 g/mol. The van der Waals surface area contributed by atoms with Crippen molar-refractivity contribution in [2.24, 2.45) is 0 Å². The summed E-state index contributed by atoms with van der Waals surface area (Å²) in [6.45, 7) is 10.5. The monoisotopic (exact) mass is 295 g/mol. The molecule has 0 aromatic heterocycles. The smallest absolute Gasteiger partial charge is 0.252 e. The number of rotatable bonds is 3. The van der Waals surface area contributed by atoms with E-state index in [9.17, 15) is 4.79 Å². The van der Waals surface area contributed by atoms with E-state index in [-0.39, 0.29) is 17.4 Å². The highest BCUT2D eigenvalue weighted by Crippen LogP contribution is 2.28. The van der Waals surface area contributed by atoms with Gasteiger partial charge in [-0.3, -0.25) is 4.79 Å². The lowest BCUT2D eigenvalue weighted by molar-refractivity contribution is 0.0944. The number of carbonyl (C=O) groups is 1. The summed E-state index contributed by atoms with van der Waals surface area (Å²) in [6, 6.07) is 16.4. The Morgan fingerprint density at radius 1 is 0.955 bits per heavy atom. The van der Waals surface area contributed by atoms with Crippen LogP contribution in [0.2, 0.25) is 0 Å². The maximum absolute atomic E-state index is 12.4. The van der Waals surface area contributed by atoms with Crippen LogP contribution in [0.4, 0.5) is 0 Å².